The fourth-order valence-corrected chi connectivity index (χ4v) is 3.59. The molecule has 0 saturated heterocycles. The van der Waals surface area contributed by atoms with Crippen molar-refractivity contribution in [3.05, 3.63) is 18.2 Å². The van der Waals surface area contributed by atoms with E-state index in [2.05, 4.69) is 24.1 Å². The number of aryl methyl sites for hydroxylation is 1. The lowest BCUT2D eigenvalue weighted by atomic mass is 9.79. The summed E-state index contributed by atoms with van der Waals surface area (Å²) < 4.78 is 41.5. The highest BCUT2D eigenvalue weighted by atomic mass is 19.4. The fourth-order valence-electron chi connectivity index (χ4n) is 3.59. The molecule has 1 aromatic heterocycles. The van der Waals surface area contributed by atoms with Crippen molar-refractivity contribution in [1.29, 1.82) is 0 Å². The Kier molecular flexibility index (Phi) is 5.96. The van der Waals surface area contributed by atoms with E-state index in [1.807, 2.05) is 0 Å². The van der Waals surface area contributed by atoms with Gasteiger partial charge in [-0.3, -0.25) is 0 Å². The maximum absolute atomic E-state index is 13.4. The van der Waals surface area contributed by atoms with Crippen LogP contribution in [0.3, 0.4) is 0 Å². The van der Waals surface area contributed by atoms with Crippen LogP contribution >= 0.6 is 0 Å². The number of rotatable bonds is 6. The molecule has 0 amide bonds. The Morgan fingerprint density at radius 1 is 1.29 bits per heavy atom. The smallest absolute Gasteiger partial charge is 0.374 e. The Balaban J connectivity index is 1.92. The predicted octanol–water partition coefficient (Wildman–Crippen LogP) is 3.36. The van der Waals surface area contributed by atoms with Crippen LogP contribution in [0.15, 0.2) is 12.4 Å². The second-order valence-corrected chi connectivity index (χ2v) is 7.28. The van der Waals surface area contributed by atoms with Crippen LogP contribution in [0.2, 0.25) is 0 Å². The van der Waals surface area contributed by atoms with E-state index < -0.39 is 18.2 Å². The zero-order valence-electron chi connectivity index (χ0n) is 14.6. The van der Waals surface area contributed by atoms with Gasteiger partial charge >= 0.3 is 6.18 Å². The maximum Gasteiger partial charge on any atom is 0.424 e. The average molecular weight is 347 g/mol. The van der Waals surface area contributed by atoms with Crippen LogP contribution in [-0.2, 0) is 12.6 Å². The molecule has 1 aromatic rings. The summed E-state index contributed by atoms with van der Waals surface area (Å²) in [6.07, 6.45) is 1.66. The summed E-state index contributed by atoms with van der Waals surface area (Å²) in [5, 5.41) is 13.5. The first kappa shape index (κ1) is 19.2. The predicted molar refractivity (Wildman–Crippen MR) is 86.4 cm³/mol. The van der Waals surface area contributed by atoms with Crippen LogP contribution < -0.4 is 5.32 Å². The highest BCUT2D eigenvalue weighted by Crippen LogP contribution is 2.40. The highest BCUT2D eigenvalue weighted by Gasteiger charge is 2.57. The van der Waals surface area contributed by atoms with E-state index in [0.717, 1.165) is 25.7 Å². The molecule has 2 rings (SSSR count). The van der Waals surface area contributed by atoms with Gasteiger partial charge in [-0.25, -0.2) is 4.98 Å². The number of aromatic nitrogens is 2. The molecule has 0 aromatic carbocycles. The molecule has 0 spiro atoms. The first-order valence-corrected chi connectivity index (χ1v) is 8.65. The zero-order valence-corrected chi connectivity index (χ0v) is 14.6. The lowest BCUT2D eigenvalue weighted by Crippen LogP contribution is -2.47. The third-order valence-corrected chi connectivity index (χ3v) is 5.29. The van der Waals surface area contributed by atoms with Gasteiger partial charge in [0.15, 0.2) is 0 Å². The molecule has 1 aliphatic rings. The molecule has 1 atom stereocenters. The van der Waals surface area contributed by atoms with Gasteiger partial charge in [-0.15, -0.1) is 0 Å². The van der Waals surface area contributed by atoms with Crippen LogP contribution in [0, 0.1) is 11.8 Å². The highest BCUT2D eigenvalue weighted by molar-refractivity contribution is 5.08. The minimum Gasteiger partial charge on any atom is -0.374 e. The van der Waals surface area contributed by atoms with Crippen molar-refractivity contribution in [2.24, 2.45) is 18.9 Å². The van der Waals surface area contributed by atoms with Gasteiger partial charge in [-0.2, -0.15) is 13.2 Å². The molecule has 4 nitrogen and oxygen atoms in total. The molecule has 1 aliphatic carbocycles. The first-order valence-electron chi connectivity index (χ1n) is 8.65. The summed E-state index contributed by atoms with van der Waals surface area (Å²) in [4.78, 5) is 3.71. The molecule has 2 N–H and O–H groups in total. The summed E-state index contributed by atoms with van der Waals surface area (Å²) in [5.74, 6) is 1.01. The minimum absolute atomic E-state index is 0.111. The van der Waals surface area contributed by atoms with Crippen LogP contribution in [0.5, 0.6) is 0 Å². The maximum atomic E-state index is 13.4. The summed E-state index contributed by atoms with van der Waals surface area (Å²) >= 11 is 0. The second kappa shape index (κ2) is 7.44. The Bertz CT molecular complexity index is 521. The third-order valence-electron chi connectivity index (χ3n) is 5.29. The van der Waals surface area contributed by atoms with E-state index in [9.17, 15) is 18.3 Å². The van der Waals surface area contributed by atoms with Gasteiger partial charge in [0.2, 0.25) is 5.60 Å². The SMILES string of the molecule is CC(C)C1CCC(NCCC(O)(c2nccn2C)C(F)(F)F)CC1. The number of halogens is 3. The number of hydrogen-bond acceptors (Lipinski definition) is 3. The molecule has 7 heteroatoms. The van der Waals surface area contributed by atoms with Crippen molar-refractivity contribution in [2.75, 3.05) is 6.54 Å². The number of aliphatic hydroxyl groups is 1. The van der Waals surface area contributed by atoms with E-state index in [4.69, 9.17) is 0 Å². The number of hydrogen-bond donors (Lipinski definition) is 2. The second-order valence-electron chi connectivity index (χ2n) is 7.28. The molecule has 1 heterocycles. The molecule has 1 fully saturated rings. The zero-order chi connectivity index (χ0) is 18.0. The quantitative estimate of drug-likeness (QED) is 0.830. The van der Waals surface area contributed by atoms with Gasteiger partial charge in [0, 0.05) is 31.9 Å². The Morgan fingerprint density at radius 3 is 2.38 bits per heavy atom. The van der Waals surface area contributed by atoms with Crippen molar-refractivity contribution < 1.29 is 18.3 Å². The summed E-state index contributed by atoms with van der Waals surface area (Å²) in [5.41, 5.74) is -2.92. The van der Waals surface area contributed by atoms with Crippen molar-refractivity contribution >= 4 is 0 Å². The van der Waals surface area contributed by atoms with Crippen molar-refractivity contribution in [3.63, 3.8) is 0 Å². The molecule has 0 aliphatic heterocycles. The van der Waals surface area contributed by atoms with Gasteiger partial charge in [-0.05, 0) is 44.1 Å². The number of nitrogens with one attached hydrogen (secondary N) is 1. The van der Waals surface area contributed by atoms with Crippen LogP contribution in [0.25, 0.3) is 0 Å². The van der Waals surface area contributed by atoms with E-state index in [-0.39, 0.29) is 18.4 Å². The summed E-state index contributed by atoms with van der Waals surface area (Å²) in [7, 11) is 1.46. The third kappa shape index (κ3) is 4.11. The lowest BCUT2D eigenvalue weighted by molar-refractivity contribution is -0.272. The van der Waals surface area contributed by atoms with Crippen molar-refractivity contribution in [1.82, 2.24) is 14.9 Å². The lowest BCUT2D eigenvalue weighted by Gasteiger charge is -2.33. The van der Waals surface area contributed by atoms with Gasteiger partial charge < -0.3 is 15.0 Å². The molecule has 24 heavy (non-hydrogen) atoms. The van der Waals surface area contributed by atoms with Crippen LogP contribution in [-0.4, -0.2) is 33.4 Å². The van der Waals surface area contributed by atoms with Gasteiger partial charge in [0.1, 0.15) is 5.82 Å². The summed E-state index contributed by atoms with van der Waals surface area (Å²) in [6, 6.07) is 0.235. The van der Waals surface area contributed by atoms with E-state index in [1.165, 1.54) is 24.0 Å². The first-order chi connectivity index (χ1) is 11.1. The molecule has 138 valence electrons. The van der Waals surface area contributed by atoms with Crippen LogP contribution in [0.4, 0.5) is 13.2 Å². The normalized spacial score (nSPS) is 25.0. The average Bonchev–Trinajstić information content (AvgIpc) is 2.93. The minimum atomic E-state index is -4.76. The number of alkyl halides is 3. The molecule has 0 bridgehead atoms. The van der Waals surface area contributed by atoms with Gasteiger partial charge in [0.25, 0.3) is 0 Å². The van der Waals surface area contributed by atoms with Gasteiger partial charge in [-0.1, -0.05) is 13.8 Å². The standard InChI is InChI=1S/C17H28F3N3O/c1-12(2)13-4-6-14(7-5-13)21-9-8-16(24,17(18,19)20)15-22-10-11-23(15)3/h10-14,21,24H,4-9H2,1-3H3. The van der Waals surface area contributed by atoms with Crippen molar-refractivity contribution in [3.8, 4) is 0 Å². The monoisotopic (exact) mass is 347 g/mol. The van der Waals surface area contributed by atoms with Crippen LogP contribution in [0.1, 0.15) is 51.8 Å². The van der Waals surface area contributed by atoms with Crippen molar-refractivity contribution in [2.45, 2.75) is 63.8 Å². The largest absolute Gasteiger partial charge is 0.424 e. The van der Waals surface area contributed by atoms with E-state index >= 15 is 0 Å². The molecule has 1 saturated carbocycles. The molecule has 1 unspecified atom stereocenters. The number of imidazole rings is 1. The molecular formula is C17H28F3N3O. The summed E-state index contributed by atoms with van der Waals surface area (Å²) in [6.45, 7) is 4.54. The Morgan fingerprint density at radius 2 is 1.92 bits per heavy atom. The Labute approximate surface area is 141 Å². The number of nitrogens with zero attached hydrogens (tertiary/aromatic N) is 2. The fraction of sp³-hybridized carbons (Fsp3) is 0.824. The Hall–Kier alpha value is -1.08. The van der Waals surface area contributed by atoms with Gasteiger partial charge in [0.05, 0.1) is 0 Å². The van der Waals surface area contributed by atoms with E-state index in [0.29, 0.717) is 11.8 Å². The van der Waals surface area contributed by atoms with E-state index in [1.54, 1.807) is 0 Å². The topological polar surface area (TPSA) is 50.1 Å². The molecular weight excluding hydrogens is 319 g/mol. The molecule has 0 radical (unpaired) electrons.